The molecule has 0 amide bonds. The molecule has 0 radical (unpaired) electrons. The minimum atomic E-state index is -0.968. The Bertz CT molecular complexity index is 964. The van der Waals surface area contributed by atoms with Gasteiger partial charge in [0.15, 0.2) is 0 Å². The highest BCUT2D eigenvalue weighted by Gasteiger charge is 2.15. The Hall–Kier alpha value is -3.06. The smallest absolute Gasteiger partial charge is 0.325 e. The second kappa shape index (κ2) is 7.45. The molecule has 3 rings (SSSR count). The summed E-state index contributed by atoms with van der Waals surface area (Å²) in [5.41, 5.74) is 1.37. The van der Waals surface area contributed by atoms with Crippen molar-refractivity contribution in [1.82, 2.24) is 9.97 Å². The Labute approximate surface area is 155 Å². The van der Waals surface area contributed by atoms with E-state index < -0.39 is 12.0 Å². The summed E-state index contributed by atoms with van der Waals surface area (Å²) < 4.78 is 5.14. The molecule has 0 aliphatic rings. The maximum Gasteiger partial charge on any atom is 0.325 e. The van der Waals surface area contributed by atoms with E-state index in [9.17, 15) is 4.79 Å². The summed E-state index contributed by atoms with van der Waals surface area (Å²) in [7, 11) is 1.54. The lowest BCUT2D eigenvalue weighted by atomic mass is 10.2. The molecule has 26 heavy (non-hydrogen) atoms. The molecule has 3 aromatic rings. The van der Waals surface area contributed by atoms with Gasteiger partial charge in [-0.15, -0.1) is 0 Å². The molecule has 0 saturated carbocycles. The van der Waals surface area contributed by atoms with Crippen LogP contribution in [0.4, 0.5) is 17.5 Å². The number of rotatable bonds is 6. The number of nitrogens with one attached hydrogen (secondary N) is 2. The number of hydrogen-bond acceptors (Lipinski definition) is 6. The number of fused-ring (bicyclic) bond motifs is 1. The average Bonchev–Trinajstić information content (AvgIpc) is 2.62. The fourth-order valence-electron chi connectivity index (χ4n) is 2.38. The van der Waals surface area contributed by atoms with Crippen LogP contribution in [0, 0.1) is 0 Å². The summed E-state index contributed by atoms with van der Waals surface area (Å²) in [6, 6.07) is 11.8. The van der Waals surface area contributed by atoms with E-state index in [2.05, 4.69) is 20.6 Å². The van der Waals surface area contributed by atoms with E-state index in [-0.39, 0.29) is 0 Å². The van der Waals surface area contributed by atoms with Gasteiger partial charge in [0.1, 0.15) is 17.6 Å². The lowest BCUT2D eigenvalue weighted by molar-refractivity contribution is -0.137. The molecule has 1 unspecified atom stereocenters. The predicted molar refractivity (Wildman–Crippen MR) is 102 cm³/mol. The van der Waals surface area contributed by atoms with Crippen LogP contribution in [0.2, 0.25) is 5.02 Å². The quantitative estimate of drug-likeness (QED) is 0.603. The maximum absolute atomic E-state index is 11.2. The summed E-state index contributed by atoms with van der Waals surface area (Å²) in [4.78, 5) is 20.1. The van der Waals surface area contributed by atoms with Gasteiger partial charge in [-0.1, -0.05) is 23.7 Å². The van der Waals surface area contributed by atoms with E-state index in [0.717, 1.165) is 5.39 Å². The van der Waals surface area contributed by atoms with Gasteiger partial charge in [-0.05, 0) is 37.3 Å². The Kier molecular flexibility index (Phi) is 5.09. The van der Waals surface area contributed by atoms with Crippen LogP contribution in [0.1, 0.15) is 6.92 Å². The Morgan fingerprint density at radius 3 is 2.69 bits per heavy atom. The zero-order chi connectivity index (χ0) is 18.7. The number of nitrogens with zero attached hydrogens (tertiary/aromatic N) is 2. The fraction of sp³-hybridized carbons (Fsp3) is 0.167. The van der Waals surface area contributed by atoms with Gasteiger partial charge >= 0.3 is 5.97 Å². The number of carboxylic acid groups (broad SMARTS) is 1. The number of methoxy groups -OCH3 is 1. The molecule has 0 fully saturated rings. The van der Waals surface area contributed by atoms with E-state index in [0.29, 0.717) is 33.7 Å². The van der Waals surface area contributed by atoms with Crippen LogP contribution < -0.4 is 15.4 Å². The molecule has 0 bridgehead atoms. The molecule has 2 aromatic carbocycles. The van der Waals surface area contributed by atoms with E-state index in [1.54, 1.807) is 32.2 Å². The zero-order valence-electron chi connectivity index (χ0n) is 14.2. The second-order valence-corrected chi connectivity index (χ2v) is 6.00. The predicted octanol–water partition coefficient (Wildman–Crippen LogP) is 3.92. The topological polar surface area (TPSA) is 96.4 Å². The molecule has 1 atom stereocenters. The van der Waals surface area contributed by atoms with E-state index in [1.165, 1.54) is 0 Å². The SMILES string of the molecule is COc1ccc(Nc2nc(NC(C)C(=O)O)c3ccccc3n2)cc1Cl. The molecule has 0 spiro atoms. The van der Waals surface area contributed by atoms with Gasteiger partial charge in [0.25, 0.3) is 0 Å². The third-order valence-corrected chi connectivity index (χ3v) is 4.03. The number of halogens is 1. The van der Waals surface area contributed by atoms with E-state index >= 15 is 0 Å². The number of benzene rings is 2. The molecule has 1 heterocycles. The fourth-order valence-corrected chi connectivity index (χ4v) is 2.64. The van der Waals surface area contributed by atoms with Crippen LogP contribution in [-0.4, -0.2) is 34.2 Å². The highest BCUT2D eigenvalue weighted by atomic mass is 35.5. The van der Waals surface area contributed by atoms with E-state index in [4.69, 9.17) is 21.4 Å². The monoisotopic (exact) mass is 372 g/mol. The first kappa shape index (κ1) is 17.8. The number of anilines is 3. The third kappa shape index (κ3) is 3.78. The molecular formula is C18H17ClN4O3. The van der Waals surface area contributed by atoms with Crippen molar-refractivity contribution in [2.24, 2.45) is 0 Å². The second-order valence-electron chi connectivity index (χ2n) is 5.59. The minimum absolute atomic E-state index is 0.324. The Balaban J connectivity index is 1.98. The normalized spacial score (nSPS) is 11.8. The van der Waals surface area contributed by atoms with Crippen molar-refractivity contribution in [3.05, 3.63) is 47.5 Å². The van der Waals surface area contributed by atoms with Crippen LogP contribution in [0.25, 0.3) is 10.9 Å². The van der Waals surface area contributed by atoms with Crippen molar-refractivity contribution in [2.75, 3.05) is 17.7 Å². The molecule has 134 valence electrons. The minimum Gasteiger partial charge on any atom is -0.495 e. The number of carbonyl (C=O) groups is 1. The van der Waals surface area contributed by atoms with Crippen LogP contribution in [-0.2, 0) is 4.79 Å². The summed E-state index contributed by atoms with van der Waals surface area (Å²) in [5.74, 6) is 0.357. The molecule has 0 aliphatic heterocycles. The van der Waals surface area contributed by atoms with Crippen LogP contribution in [0.5, 0.6) is 5.75 Å². The lowest BCUT2D eigenvalue weighted by Gasteiger charge is -2.14. The summed E-state index contributed by atoms with van der Waals surface area (Å²) in [5, 5.41) is 16.3. The number of hydrogen-bond donors (Lipinski definition) is 3. The summed E-state index contributed by atoms with van der Waals surface area (Å²) in [6.07, 6.45) is 0. The van der Waals surface area contributed by atoms with Crippen LogP contribution in [0.3, 0.4) is 0 Å². The number of aliphatic carboxylic acids is 1. The Morgan fingerprint density at radius 2 is 2.00 bits per heavy atom. The summed E-state index contributed by atoms with van der Waals surface area (Å²) in [6.45, 7) is 1.55. The largest absolute Gasteiger partial charge is 0.495 e. The van der Waals surface area contributed by atoms with Crippen molar-refractivity contribution < 1.29 is 14.6 Å². The van der Waals surface area contributed by atoms with Gasteiger partial charge in [-0.25, -0.2) is 4.98 Å². The van der Waals surface area contributed by atoms with Gasteiger partial charge in [0.05, 0.1) is 17.6 Å². The van der Waals surface area contributed by atoms with E-state index in [1.807, 2.05) is 24.3 Å². The van der Waals surface area contributed by atoms with Crippen molar-refractivity contribution >= 4 is 45.9 Å². The highest BCUT2D eigenvalue weighted by molar-refractivity contribution is 6.32. The molecule has 0 aliphatic carbocycles. The maximum atomic E-state index is 11.2. The highest BCUT2D eigenvalue weighted by Crippen LogP contribution is 2.29. The number of para-hydroxylation sites is 1. The molecule has 8 heteroatoms. The van der Waals surface area contributed by atoms with Gasteiger partial charge in [0.2, 0.25) is 5.95 Å². The zero-order valence-corrected chi connectivity index (χ0v) is 14.9. The van der Waals surface area contributed by atoms with Crippen LogP contribution in [0.15, 0.2) is 42.5 Å². The van der Waals surface area contributed by atoms with Crippen LogP contribution >= 0.6 is 11.6 Å². The van der Waals surface area contributed by atoms with Crippen molar-refractivity contribution in [1.29, 1.82) is 0 Å². The molecule has 3 N–H and O–H groups in total. The number of aromatic nitrogens is 2. The first-order valence-electron chi connectivity index (χ1n) is 7.84. The number of ether oxygens (including phenoxy) is 1. The number of carboxylic acids is 1. The lowest BCUT2D eigenvalue weighted by Crippen LogP contribution is -2.26. The molecule has 0 saturated heterocycles. The van der Waals surface area contributed by atoms with Gasteiger partial charge in [-0.3, -0.25) is 4.79 Å². The van der Waals surface area contributed by atoms with Gasteiger partial charge < -0.3 is 20.5 Å². The van der Waals surface area contributed by atoms with Gasteiger partial charge in [0, 0.05) is 11.1 Å². The molecule has 7 nitrogen and oxygen atoms in total. The Morgan fingerprint density at radius 1 is 1.23 bits per heavy atom. The van der Waals surface area contributed by atoms with Crippen molar-refractivity contribution in [3.8, 4) is 5.75 Å². The van der Waals surface area contributed by atoms with Gasteiger partial charge in [-0.2, -0.15) is 4.98 Å². The molecular weight excluding hydrogens is 356 g/mol. The summed E-state index contributed by atoms with van der Waals surface area (Å²) >= 11 is 6.14. The van der Waals surface area contributed by atoms with Crippen molar-refractivity contribution in [2.45, 2.75) is 13.0 Å². The third-order valence-electron chi connectivity index (χ3n) is 3.73. The van der Waals surface area contributed by atoms with Crippen molar-refractivity contribution in [3.63, 3.8) is 0 Å². The standard InChI is InChI=1S/C18H17ClN4O3/c1-10(17(24)25)20-16-12-5-3-4-6-14(12)22-18(23-16)21-11-7-8-15(26-2)13(19)9-11/h3-10H,1-2H3,(H,24,25)(H2,20,21,22,23). The first-order chi connectivity index (χ1) is 12.5. The first-order valence-corrected chi connectivity index (χ1v) is 8.22. The average molecular weight is 373 g/mol. The molecule has 1 aromatic heterocycles.